The summed E-state index contributed by atoms with van der Waals surface area (Å²) in [7, 11) is 0. The van der Waals surface area contributed by atoms with E-state index in [4.69, 9.17) is 9.84 Å². The molecule has 0 aromatic heterocycles. The molecule has 20 heavy (non-hydrogen) atoms. The Hall–Kier alpha value is -1.55. The number of nitrogens with one attached hydrogen (secondary N) is 1. The van der Waals surface area contributed by atoms with Gasteiger partial charge in [0.2, 0.25) is 0 Å². The highest BCUT2D eigenvalue weighted by Gasteiger charge is 2.30. The first-order chi connectivity index (χ1) is 9.45. The Bertz CT molecular complexity index is 496. The van der Waals surface area contributed by atoms with E-state index in [1.165, 1.54) is 11.1 Å². The predicted molar refractivity (Wildman–Crippen MR) is 78.1 cm³/mol. The van der Waals surface area contributed by atoms with Gasteiger partial charge in [-0.1, -0.05) is 19.1 Å². The number of rotatable bonds is 6. The lowest BCUT2D eigenvalue weighted by atomic mass is 9.95. The molecular weight excluding hydrogens is 254 g/mol. The lowest BCUT2D eigenvalue weighted by Crippen LogP contribution is -2.30. The van der Waals surface area contributed by atoms with Gasteiger partial charge >= 0.3 is 5.97 Å². The van der Waals surface area contributed by atoms with Crippen molar-refractivity contribution in [1.82, 2.24) is 5.32 Å². The number of ether oxygens (including phenoxy) is 1. The maximum absolute atomic E-state index is 11.1. The summed E-state index contributed by atoms with van der Waals surface area (Å²) in [6.07, 6.45) is 2.06. The molecule has 1 unspecified atom stereocenters. The number of carboxylic acids is 1. The van der Waals surface area contributed by atoms with Gasteiger partial charge < -0.3 is 15.2 Å². The standard InChI is InChI=1S/C16H23NO3/c1-4-17-13-9-8-12-11(13)6-5-7-14(12)20-10-16(2,3)15(18)19/h5-7,13,17H,4,8-10H2,1-3H3,(H,18,19). The van der Waals surface area contributed by atoms with E-state index in [1.54, 1.807) is 13.8 Å². The van der Waals surface area contributed by atoms with Crippen molar-refractivity contribution in [1.29, 1.82) is 0 Å². The van der Waals surface area contributed by atoms with Crippen molar-refractivity contribution in [2.24, 2.45) is 5.41 Å². The first kappa shape index (κ1) is 14.9. The number of benzene rings is 1. The fraction of sp³-hybridized carbons (Fsp3) is 0.562. The largest absolute Gasteiger partial charge is 0.492 e. The minimum absolute atomic E-state index is 0.185. The predicted octanol–water partition coefficient (Wildman–Crippen LogP) is 2.77. The van der Waals surface area contributed by atoms with Crippen molar-refractivity contribution in [3.63, 3.8) is 0 Å². The molecule has 4 nitrogen and oxygen atoms in total. The molecule has 2 N–H and O–H groups in total. The topological polar surface area (TPSA) is 58.6 Å². The van der Waals surface area contributed by atoms with Crippen molar-refractivity contribution in [2.45, 2.75) is 39.7 Å². The average molecular weight is 277 g/mol. The fourth-order valence-corrected chi connectivity index (χ4v) is 2.53. The molecule has 0 saturated carbocycles. The van der Waals surface area contributed by atoms with Gasteiger partial charge in [0.25, 0.3) is 0 Å². The lowest BCUT2D eigenvalue weighted by Gasteiger charge is -2.21. The average Bonchev–Trinajstić information content (AvgIpc) is 2.81. The molecule has 1 aromatic rings. The maximum atomic E-state index is 11.1. The Morgan fingerprint density at radius 3 is 2.90 bits per heavy atom. The number of fused-ring (bicyclic) bond motifs is 1. The van der Waals surface area contributed by atoms with Crippen LogP contribution in [0.4, 0.5) is 0 Å². The molecule has 0 spiro atoms. The van der Waals surface area contributed by atoms with Crippen molar-refractivity contribution in [3.05, 3.63) is 29.3 Å². The van der Waals surface area contributed by atoms with E-state index in [2.05, 4.69) is 18.3 Å². The highest BCUT2D eigenvalue weighted by molar-refractivity contribution is 5.73. The fourth-order valence-electron chi connectivity index (χ4n) is 2.53. The van der Waals surface area contributed by atoms with E-state index >= 15 is 0 Å². The first-order valence-corrected chi connectivity index (χ1v) is 7.17. The molecule has 1 atom stereocenters. The van der Waals surface area contributed by atoms with Crippen LogP contribution >= 0.6 is 0 Å². The molecule has 1 aromatic carbocycles. The van der Waals surface area contributed by atoms with Gasteiger partial charge in [0.15, 0.2) is 0 Å². The van der Waals surface area contributed by atoms with E-state index in [0.717, 1.165) is 25.1 Å². The third kappa shape index (κ3) is 2.96. The number of carbonyl (C=O) groups is 1. The van der Waals surface area contributed by atoms with E-state index in [-0.39, 0.29) is 6.61 Å². The van der Waals surface area contributed by atoms with Gasteiger partial charge in [-0.15, -0.1) is 0 Å². The Balaban J connectivity index is 2.13. The molecule has 1 aliphatic rings. The van der Waals surface area contributed by atoms with Crippen molar-refractivity contribution < 1.29 is 14.6 Å². The number of hydrogen-bond acceptors (Lipinski definition) is 3. The van der Waals surface area contributed by atoms with Crippen LogP contribution in [-0.2, 0) is 11.2 Å². The Labute approximate surface area is 120 Å². The highest BCUT2D eigenvalue weighted by atomic mass is 16.5. The van der Waals surface area contributed by atoms with Crippen molar-refractivity contribution in [3.8, 4) is 5.75 Å². The van der Waals surface area contributed by atoms with Crippen LogP contribution in [0.3, 0.4) is 0 Å². The Kier molecular flexibility index (Phi) is 4.33. The summed E-state index contributed by atoms with van der Waals surface area (Å²) in [5.41, 5.74) is 1.64. The van der Waals surface area contributed by atoms with Gasteiger partial charge in [0.05, 0.1) is 5.41 Å². The van der Waals surface area contributed by atoms with Crippen molar-refractivity contribution >= 4 is 5.97 Å². The SMILES string of the molecule is CCNC1CCc2c(OCC(C)(C)C(=O)O)cccc21. The molecule has 0 bridgehead atoms. The molecule has 0 radical (unpaired) electrons. The van der Waals surface area contributed by atoms with Crippen LogP contribution in [-0.4, -0.2) is 24.2 Å². The second-order valence-corrected chi connectivity index (χ2v) is 5.95. The quantitative estimate of drug-likeness (QED) is 0.839. The zero-order chi connectivity index (χ0) is 14.8. The zero-order valence-electron chi connectivity index (χ0n) is 12.4. The number of hydrogen-bond donors (Lipinski definition) is 2. The molecule has 2 rings (SSSR count). The molecule has 4 heteroatoms. The Morgan fingerprint density at radius 1 is 1.50 bits per heavy atom. The summed E-state index contributed by atoms with van der Waals surface area (Å²) < 4.78 is 5.79. The smallest absolute Gasteiger partial charge is 0.312 e. The van der Waals surface area contributed by atoms with Crippen LogP contribution in [0.2, 0.25) is 0 Å². The van der Waals surface area contributed by atoms with E-state index in [1.807, 2.05) is 12.1 Å². The van der Waals surface area contributed by atoms with E-state index < -0.39 is 11.4 Å². The van der Waals surface area contributed by atoms with Crippen LogP contribution in [0.1, 0.15) is 44.4 Å². The monoisotopic (exact) mass is 277 g/mol. The second-order valence-electron chi connectivity index (χ2n) is 5.95. The molecule has 110 valence electrons. The minimum atomic E-state index is -0.873. The van der Waals surface area contributed by atoms with Gasteiger partial charge in [-0.2, -0.15) is 0 Å². The summed E-state index contributed by atoms with van der Waals surface area (Å²) in [6, 6.07) is 6.44. The van der Waals surface area contributed by atoms with Crippen molar-refractivity contribution in [2.75, 3.05) is 13.2 Å². The van der Waals surface area contributed by atoms with Crippen LogP contribution in [0.5, 0.6) is 5.75 Å². The third-order valence-corrected chi connectivity index (χ3v) is 3.85. The molecule has 0 aliphatic heterocycles. The van der Waals surface area contributed by atoms with Gasteiger partial charge in [-0.3, -0.25) is 4.79 Å². The number of carboxylic acid groups (broad SMARTS) is 1. The molecule has 1 aliphatic carbocycles. The number of aliphatic carboxylic acids is 1. The Morgan fingerprint density at radius 2 is 2.25 bits per heavy atom. The van der Waals surface area contributed by atoms with Crippen LogP contribution in [0, 0.1) is 5.41 Å². The summed E-state index contributed by atoms with van der Waals surface area (Å²) in [5, 5.41) is 12.6. The van der Waals surface area contributed by atoms with E-state index in [9.17, 15) is 4.79 Å². The van der Waals surface area contributed by atoms with Crippen LogP contribution < -0.4 is 10.1 Å². The normalized spacial score (nSPS) is 17.9. The summed E-state index contributed by atoms with van der Waals surface area (Å²) >= 11 is 0. The molecule has 0 saturated heterocycles. The summed E-state index contributed by atoms with van der Waals surface area (Å²) in [5.74, 6) is -0.00664. The molecule has 0 heterocycles. The summed E-state index contributed by atoms with van der Waals surface area (Å²) in [4.78, 5) is 11.1. The first-order valence-electron chi connectivity index (χ1n) is 7.17. The second kappa shape index (κ2) is 5.83. The van der Waals surface area contributed by atoms with E-state index in [0.29, 0.717) is 6.04 Å². The third-order valence-electron chi connectivity index (χ3n) is 3.85. The molecule has 0 fully saturated rings. The van der Waals surface area contributed by atoms with Gasteiger partial charge in [-0.05, 0) is 50.4 Å². The van der Waals surface area contributed by atoms with Crippen LogP contribution in [0.25, 0.3) is 0 Å². The molecule has 0 amide bonds. The van der Waals surface area contributed by atoms with Gasteiger partial charge in [-0.25, -0.2) is 0 Å². The highest BCUT2D eigenvalue weighted by Crippen LogP contribution is 2.37. The van der Waals surface area contributed by atoms with Crippen LogP contribution in [0.15, 0.2) is 18.2 Å². The van der Waals surface area contributed by atoms with Gasteiger partial charge in [0.1, 0.15) is 12.4 Å². The van der Waals surface area contributed by atoms with Gasteiger partial charge in [0, 0.05) is 6.04 Å². The molecular formula is C16H23NO3. The maximum Gasteiger partial charge on any atom is 0.312 e. The zero-order valence-corrected chi connectivity index (χ0v) is 12.4. The summed E-state index contributed by atoms with van der Waals surface area (Å²) in [6.45, 7) is 6.60. The minimum Gasteiger partial charge on any atom is -0.492 e. The lowest BCUT2D eigenvalue weighted by molar-refractivity contribution is -0.148.